The molecule has 2 amide bonds. The Morgan fingerprint density at radius 1 is 1.10 bits per heavy atom. The average Bonchev–Trinajstić information content (AvgIpc) is 3.25. The largest absolute Gasteiger partial charge is 0.462 e. The number of amides is 2. The van der Waals surface area contributed by atoms with Crippen LogP contribution in [0.15, 0.2) is 53.4 Å². The number of nitrogens with one attached hydrogen (secondary N) is 2. The number of carbonyl (C=O) groups excluding carboxylic acids is 3. The molecule has 2 unspecified atom stereocenters. The van der Waals surface area contributed by atoms with Crippen molar-refractivity contribution in [3.05, 3.63) is 75.7 Å². The molecule has 0 spiro atoms. The van der Waals surface area contributed by atoms with Crippen molar-refractivity contribution in [1.29, 1.82) is 0 Å². The van der Waals surface area contributed by atoms with Gasteiger partial charge < -0.3 is 15.4 Å². The van der Waals surface area contributed by atoms with Crippen LogP contribution in [0.3, 0.4) is 0 Å². The van der Waals surface area contributed by atoms with E-state index >= 15 is 0 Å². The number of fused-ring (bicyclic) bond motifs is 1. The van der Waals surface area contributed by atoms with Crippen molar-refractivity contribution in [2.75, 3.05) is 17.2 Å². The maximum Gasteiger partial charge on any atom is 0.341 e. The summed E-state index contributed by atoms with van der Waals surface area (Å²) in [5.41, 5.74) is 3.90. The molecular weight excluding hydrogens is 540 g/mol. The lowest BCUT2D eigenvalue weighted by atomic mass is 9.72. The summed E-state index contributed by atoms with van der Waals surface area (Å²) in [4.78, 5) is 41.1. The van der Waals surface area contributed by atoms with Gasteiger partial charge in [0, 0.05) is 21.0 Å². The third-order valence-electron chi connectivity index (χ3n) is 7.37. The highest BCUT2D eigenvalue weighted by Crippen LogP contribution is 2.44. The minimum absolute atomic E-state index is 0.173. The van der Waals surface area contributed by atoms with Crippen molar-refractivity contribution in [2.45, 2.75) is 71.0 Å². The molecule has 0 saturated heterocycles. The molecule has 6 nitrogen and oxygen atoms in total. The molecule has 3 aromatic rings. The maximum absolute atomic E-state index is 13.3. The molecule has 1 aliphatic carbocycles. The number of thiophene rings is 1. The van der Waals surface area contributed by atoms with Crippen molar-refractivity contribution in [3.8, 4) is 0 Å². The Kier molecular flexibility index (Phi) is 9.41. The van der Waals surface area contributed by atoms with Crippen LogP contribution in [0.25, 0.3) is 0 Å². The second-order valence-electron chi connectivity index (χ2n) is 11.3. The predicted octanol–water partition coefficient (Wildman–Crippen LogP) is 7.76. The number of rotatable bonds is 8. The Balaban J connectivity index is 1.47. The number of thioether (sulfide) groups is 1. The van der Waals surface area contributed by atoms with E-state index in [2.05, 4.69) is 31.4 Å². The molecular formula is C32H38N2O4S2. The Morgan fingerprint density at radius 3 is 2.55 bits per heavy atom. The number of ether oxygens (including phenoxy) is 1. The summed E-state index contributed by atoms with van der Waals surface area (Å²) < 4.78 is 5.39. The van der Waals surface area contributed by atoms with E-state index in [1.807, 2.05) is 56.3 Å². The van der Waals surface area contributed by atoms with Crippen molar-refractivity contribution in [1.82, 2.24) is 0 Å². The van der Waals surface area contributed by atoms with Crippen molar-refractivity contribution < 1.29 is 19.1 Å². The highest BCUT2D eigenvalue weighted by Gasteiger charge is 2.34. The van der Waals surface area contributed by atoms with E-state index in [4.69, 9.17) is 4.74 Å². The fourth-order valence-corrected chi connectivity index (χ4v) is 7.22. The van der Waals surface area contributed by atoms with Crippen LogP contribution >= 0.6 is 23.1 Å². The van der Waals surface area contributed by atoms with Crippen LogP contribution in [0, 0.1) is 18.3 Å². The molecule has 4 rings (SSSR count). The first-order valence-electron chi connectivity index (χ1n) is 13.7. The highest BCUT2D eigenvalue weighted by atomic mass is 32.2. The van der Waals surface area contributed by atoms with Gasteiger partial charge in [-0.05, 0) is 86.8 Å². The van der Waals surface area contributed by atoms with Gasteiger partial charge >= 0.3 is 5.97 Å². The standard InChI is InChI=1S/C32H38N2O4S2/c1-7-38-31(37)27-25-16-15-21(32(4,5)6)17-26(25)40-30(27)34-28(35)20(3)39-23-13-10-12-22(18-23)33-29(36)24-14-9-8-11-19(24)2/h8-14,18,20-21H,7,15-17H2,1-6H3,(H,33,36)(H,34,35). The van der Waals surface area contributed by atoms with Crippen LogP contribution in [0.5, 0.6) is 0 Å². The average molecular weight is 579 g/mol. The third-order valence-corrected chi connectivity index (χ3v) is 9.63. The first kappa shape index (κ1) is 29.9. The molecule has 0 saturated carbocycles. The second-order valence-corrected chi connectivity index (χ2v) is 13.8. The number of anilines is 2. The Bertz CT molecular complexity index is 1410. The first-order valence-corrected chi connectivity index (χ1v) is 15.4. The molecule has 8 heteroatoms. The van der Waals surface area contributed by atoms with Gasteiger partial charge in [-0.15, -0.1) is 23.1 Å². The highest BCUT2D eigenvalue weighted by molar-refractivity contribution is 8.00. The van der Waals surface area contributed by atoms with Crippen molar-refractivity contribution >= 4 is 51.6 Å². The molecule has 0 aliphatic heterocycles. The Morgan fingerprint density at radius 2 is 1.85 bits per heavy atom. The summed E-state index contributed by atoms with van der Waals surface area (Å²) in [7, 11) is 0. The molecule has 1 aliphatic rings. The molecule has 0 fully saturated rings. The lowest BCUT2D eigenvalue weighted by molar-refractivity contribution is -0.115. The summed E-state index contributed by atoms with van der Waals surface area (Å²) in [5, 5.41) is 6.14. The quantitative estimate of drug-likeness (QED) is 0.211. The topological polar surface area (TPSA) is 84.5 Å². The van der Waals surface area contributed by atoms with E-state index in [-0.39, 0.29) is 29.8 Å². The van der Waals surface area contributed by atoms with E-state index in [0.717, 1.165) is 35.3 Å². The van der Waals surface area contributed by atoms with Gasteiger partial charge in [0.15, 0.2) is 0 Å². The molecule has 0 bridgehead atoms. The van der Waals surface area contributed by atoms with Gasteiger partial charge in [0.05, 0.1) is 17.4 Å². The SMILES string of the molecule is CCOC(=O)c1c(NC(=O)C(C)Sc2cccc(NC(=O)c3ccccc3C)c2)sc2c1CCC(C(C)(C)C)C2. The molecule has 1 aromatic heterocycles. The lowest BCUT2D eigenvalue weighted by Gasteiger charge is -2.33. The Labute approximate surface area is 245 Å². The number of hydrogen-bond donors (Lipinski definition) is 2. The smallest absolute Gasteiger partial charge is 0.341 e. The van der Waals surface area contributed by atoms with Gasteiger partial charge in [0.2, 0.25) is 5.91 Å². The fraction of sp³-hybridized carbons (Fsp3) is 0.406. The summed E-state index contributed by atoms with van der Waals surface area (Å²) in [6.07, 6.45) is 2.72. The van der Waals surface area contributed by atoms with Crippen LogP contribution in [0.1, 0.15) is 77.8 Å². The minimum Gasteiger partial charge on any atom is -0.462 e. The Hall–Kier alpha value is -3.10. The van der Waals surface area contributed by atoms with Crippen molar-refractivity contribution in [2.24, 2.45) is 11.3 Å². The van der Waals surface area contributed by atoms with Gasteiger partial charge in [-0.1, -0.05) is 45.0 Å². The normalized spacial score (nSPS) is 15.6. The molecule has 1 heterocycles. The van der Waals surface area contributed by atoms with E-state index in [9.17, 15) is 14.4 Å². The van der Waals surface area contributed by atoms with Crippen molar-refractivity contribution in [3.63, 3.8) is 0 Å². The van der Waals surface area contributed by atoms with Gasteiger partial charge in [-0.25, -0.2) is 4.79 Å². The van der Waals surface area contributed by atoms with E-state index in [1.165, 1.54) is 28.0 Å². The van der Waals surface area contributed by atoms with Crippen LogP contribution in [0.4, 0.5) is 10.7 Å². The number of benzene rings is 2. The van der Waals surface area contributed by atoms with Gasteiger partial charge in [-0.2, -0.15) is 0 Å². The molecule has 0 radical (unpaired) electrons. The zero-order valence-corrected chi connectivity index (χ0v) is 25.7. The minimum atomic E-state index is -0.432. The molecule has 212 valence electrons. The summed E-state index contributed by atoms with van der Waals surface area (Å²) >= 11 is 2.91. The summed E-state index contributed by atoms with van der Waals surface area (Å²) in [6.45, 7) is 12.6. The molecule has 2 atom stereocenters. The van der Waals surface area contributed by atoms with Gasteiger partial charge in [0.1, 0.15) is 5.00 Å². The monoisotopic (exact) mass is 578 g/mol. The number of esters is 1. The first-order chi connectivity index (χ1) is 19.0. The second kappa shape index (κ2) is 12.6. The van der Waals surface area contributed by atoms with Gasteiger partial charge in [-0.3, -0.25) is 9.59 Å². The van der Waals surface area contributed by atoms with Crippen LogP contribution < -0.4 is 10.6 Å². The predicted molar refractivity (Wildman–Crippen MR) is 165 cm³/mol. The van der Waals surface area contributed by atoms with E-state index < -0.39 is 5.25 Å². The third kappa shape index (κ3) is 6.96. The number of aryl methyl sites for hydroxylation is 1. The van der Waals surface area contributed by atoms with Gasteiger partial charge in [0.25, 0.3) is 5.91 Å². The number of carbonyl (C=O) groups is 3. The zero-order valence-electron chi connectivity index (χ0n) is 24.1. The number of hydrogen-bond acceptors (Lipinski definition) is 6. The van der Waals surface area contributed by atoms with E-state index in [1.54, 1.807) is 13.0 Å². The van der Waals surface area contributed by atoms with Crippen LogP contribution in [-0.4, -0.2) is 29.6 Å². The van der Waals surface area contributed by atoms with Crippen LogP contribution in [0.2, 0.25) is 0 Å². The zero-order chi connectivity index (χ0) is 29.0. The fourth-order valence-electron chi connectivity index (χ4n) is 4.98. The van der Waals surface area contributed by atoms with Crippen LogP contribution in [-0.2, 0) is 22.4 Å². The summed E-state index contributed by atoms with van der Waals surface area (Å²) in [6, 6.07) is 14.9. The maximum atomic E-state index is 13.3. The molecule has 2 aromatic carbocycles. The van der Waals surface area contributed by atoms with E-state index in [0.29, 0.717) is 27.7 Å². The molecule has 2 N–H and O–H groups in total. The summed E-state index contributed by atoms with van der Waals surface area (Å²) in [5.74, 6) is -0.212. The lowest BCUT2D eigenvalue weighted by Crippen LogP contribution is -2.27. The molecule has 40 heavy (non-hydrogen) atoms.